The van der Waals surface area contributed by atoms with Crippen molar-refractivity contribution in [1.82, 2.24) is 10.3 Å². The molecule has 2 aromatic carbocycles. The fraction of sp³-hybridized carbons (Fsp3) is 0.360. The van der Waals surface area contributed by atoms with Gasteiger partial charge in [0.1, 0.15) is 5.69 Å². The molecule has 0 saturated carbocycles. The summed E-state index contributed by atoms with van der Waals surface area (Å²) in [5, 5.41) is 17.6. The summed E-state index contributed by atoms with van der Waals surface area (Å²) in [5.41, 5.74) is 1.60. The number of hydrogen-bond acceptors (Lipinski definition) is 9. The number of nitrogens with zero attached hydrogens (tertiary/aromatic N) is 3. The maximum absolute atomic E-state index is 12.8. The van der Waals surface area contributed by atoms with E-state index in [0.717, 1.165) is 30.6 Å². The zero-order valence-corrected chi connectivity index (χ0v) is 22.3. The summed E-state index contributed by atoms with van der Waals surface area (Å²) >= 11 is 6.52. The van der Waals surface area contributed by atoms with Crippen molar-refractivity contribution in [3.63, 3.8) is 0 Å². The topological polar surface area (TPSA) is 127 Å². The van der Waals surface area contributed by atoms with E-state index in [1.54, 1.807) is 44.2 Å². The Labute approximate surface area is 223 Å². The van der Waals surface area contributed by atoms with Gasteiger partial charge >= 0.3 is 5.97 Å². The number of thiazole rings is 1. The number of benzene rings is 2. The van der Waals surface area contributed by atoms with Gasteiger partial charge in [-0.05, 0) is 75.2 Å². The van der Waals surface area contributed by atoms with Gasteiger partial charge in [0.05, 0.1) is 26.8 Å². The molecular weight excluding hydrogens is 514 g/mol. The highest BCUT2D eigenvalue weighted by Gasteiger charge is 2.25. The van der Waals surface area contributed by atoms with E-state index in [4.69, 9.17) is 17.0 Å². The van der Waals surface area contributed by atoms with Crippen LogP contribution in [0.3, 0.4) is 0 Å². The molecule has 1 aromatic heterocycles. The summed E-state index contributed by atoms with van der Waals surface area (Å²) in [7, 11) is 0. The molecule has 1 fully saturated rings. The van der Waals surface area contributed by atoms with Crippen molar-refractivity contribution in [2.45, 2.75) is 39.7 Å². The Bertz CT molecular complexity index is 1360. The molecule has 3 aromatic rings. The number of nitro benzene ring substituents is 1. The van der Waals surface area contributed by atoms with Crippen LogP contribution in [0.25, 0.3) is 10.2 Å². The second-order valence-corrected chi connectivity index (χ2v) is 10.6. The number of ether oxygens (including phenoxy) is 1. The fourth-order valence-electron chi connectivity index (χ4n) is 4.02. The number of nitro groups is 1. The molecule has 12 heteroatoms. The standard InChI is InChI=1S/C25H27N5O5S2/c1-14(2)35-23(32)17-4-6-18-21(13-17)37-25(26-18)28-24(36)27-22(31)16-5-7-19(20(12-16)30(33)34)29-10-8-15(3)9-11-29/h4-7,12-15H,8-11H2,1-3H3,(H2,26,27,28,31,36). The van der Waals surface area contributed by atoms with Crippen molar-refractivity contribution in [2.24, 2.45) is 5.92 Å². The van der Waals surface area contributed by atoms with Crippen molar-refractivity contribution < 1.29 is 19.2 Å². The largest absolute Gasteiger partial charge is 0.459 e. The third-order valence-corrected chi connectivity index (χ3v) is 7.11. The monoisotopic (exact) mass is 541 g/mol. The van der Waals surface area contributed by atoms with Crippen LogP contribution in [-0.4, -0.2) is 46.1 Å². The molecule has 1 amide bonds. The summed E-state index contributed by atoms with van der Waals surface area (Å²) in [6.07, 6.45) is 1.71. The molecular formula is C25H27N5O5S2. The van der Waals surface area contributed by atoms with Gasteiger partial charge in [-0.2, -0.15) is 0 Å². The Kier molecular flexibility index (Phi) is 7.98. The summed E-state index contributed by atoms with van der Waals surface area (Å²) in [6, 6.07) is 9.49. The number of thiocarbonyl (C=S) groups is 1. The van der Waals surface area contributed by atoms with Crippen LogP contribution in [0.1, 0.15) is 54.3 Å². The molecule has 1 aliphatic rings. The average Bonchev–Trinajstić information content (AvgIpc) is 3.24. The number of amides is 1. The van der Waals surface area contributed by atoms with Gasteiger partial charge in [0.2, 0.25) is 0 Å². The van der Waals surface area contributed by atoms with Gasteiger partial charge in [-0.15, -0.1) is 0 Å². The minimum absolute atomic E-state index is 0.000227. The smallest absolute Gasteiger partial charge is 0.338 e. The van der Waals surface area contributed by atoms with E-state index in [1.807, 2.05) is 4.90 Å². The second kappa shape index (κ2) is 11.2. The lowest BCUT2D eigenvalue weighted by atomic mass is 9.98. The van der Waals surface area contributed by atoms with Crippen molar-refractivity contribution in [2.75, 3.05) is 23.3 Å². The number of fused-ring (bicyclic) bond motifs is 1. The maximum atomic E-state index is 12.8. The number of carbonyl (C=O) groups excluding carboxylic acids is 2. The maximum Gasteiger partial charge on any atom is 0.338 e. The quantitative estimate of drug-likeness (QED) is 0.189. The minimum atomic E-state index is -0.570. The van der Waals surface area contributed by atoms with Crippen LogP contribution in [0.5, 0.6) is 0 Å². The second-order valence-electron chi connectivity index (χ2n) is 9.19. The van der Waals surface area contributed by atoms with E-state index in [1.165, 1.54) is 17.4 Å². The van der Waals surface area contributed by atoms with E-state index in [2.05, 4.69) is 22.5 Å². The number of carbonyl (C=O) groups is 2. The lowest BCUT2D eigenvalue weighted by molar-refractivity contribution is -0.384. The Balaban J connectivity index is 1.43. The minimum Gasteiger partial charge on any atom is -0.459 e. The highest BCUT2D eigenvalue weighted by atomic mass is 32.1. The van der Waals surface area contributed by atoms with E-state index >= 15 is 0 Å². The predicted molar refractivity (Wildman–Crippen MR) is 148 cm³/mol. The van der Waals surface area contributed by atoms with Gasteiger partial charge in [0.15, 0.2) is 10.2 Å². The Morgan fingerprint density at radius 3 is 2.57 bits per heavy atom. The molecule has 0 radical (unpaired) electrons. The van der Waals surface area contributed by atoms with Crippen LogP contribution in [0.4, 0.5) is 16.5 Å². The molecule has 0 unspecified atom stereocenters. The van der Waals surface area contributed by atoms with Gasteiger partial charge in [0.25, 0.3) is 11.6 Å². The van der Waals surface area contributed by atoms with Crippen LogP contribution in [0.2, 0.25) is 0 Å². The average molecular weight is 542 g/mol. The molecule has 1 saturated heterocycles. The number of aromatic nitrogens is 1. The molecule has 2 N–H and O–H groups in total. The summed E-state index contributed by atoms with van der Waals surface area (Å²) in [4.78, 5) is 42.6. The first-order chi connectivity index (χ1) is 17.6. The SMILES string of the molecule is CC1CCN(c2ccc(C(=O)NC(=S)Nc3nc4ccc(C(=O)OC(C)C)cc4s3)cc2[N+](=O)[O-])CC1. The van der Waals surface area contributed by atoms with Gasteiger partial charge in [-0.25, -0.2) is 9.78 Å². The van der Waals surface area contributed by atoms with E-state index < -0.39 is 16.8 Å². The van der Waals surface area contributed by atoms with E-state index in [9.17, 15) is 19.7 Å². The van der Waals surface area contributed by atoms with Crippen molar-refractivity contribution in [3.8, 4) is 0 Å². The summed E-state index contributed by atoms with van der Waals surface area (Å²) in [6.45, 7) is 7.21. The van der Waals surface area contributed by atoms with Gasteiger partial charge in [0, 0.05) is 24.7 Å². The lowest BCUT2D eigenvalue weighted by Gasteiger charge is -2.31. The summed E-state index contributed by atoms with van der Waals surface area (Å²) in [5.74, 6) is -0.399. The van der Waals surface area contributed by atoms with E-state index in [-0.39, 0.29) is 22.5 Å². The number of piperidine rings is 1. The van der Waals surface area contributed by atoms with E-state index in [0.29, 0.717) is 27.8 Å². The highest BCUT2D eigenvalue weighted by molar-refractivity contribution is 7.80. The van der Waals surface area contributed by atoms with Crippen molar-refractivity contribution >= 4 is 67.3 Å². The normalized spacial score (nSPS) is 14.0. The molecule has 2 heterocycles. The molecule has 0 aliphatic carbocycles. The molecule has 37 heavy (non-hydrogen) atoms. The molecule has 1 aliphatic heterocycles. The first-order valence-electron chi connectivity index (χ1n) is 11.9. The molecule has 0 bridgehead atoms. The van der Waals surface area contributed by atoms with Gasteiger partial charge < -0.3 is 15.0 Å². The molecule has 10 nitrogen and oxygen atoms in total. The van der Waals surface area contributed by atoms with Crippen molar-refractivity contribution in [3.05, 3.63) is 57.6 Å². The first kappa shape index (κ1) is 26.4. The molecule has 4 rings (SSSR count). The zero-order valence-electron chi connectivity index (χ0n) is 20.6. The summed E-state index contributed by atoms with van der Waals surface area (Å²) < 4.78 is 5.97. The molecule has 0 spiro atoms. The van der Waals surface area contributed by atoms with Crippen LogP contribution in [0.15, 0.2) is 36.4 Å². The highest BCUT2D eigenvalue weighted by Crippen LogP contribution is 2.32. The Hall–Kier alpha value is -3.64. The molecule has 0 atom stereocenters. The number of esters is 1. The predicted octanol–water partition coefficient (Wildman–Crippen LogP) is 5.13. The van der Waals surface area contributed by atoms with Crippen LogP contribution < -0.4 is 15.5 Å². The number of anilines is 2. The van der Waals surface area contributed by atoms with Crippen molar-refractivity contribution in [1.29, 1.82) is 0 Å². The van der Waals surface area contributed by atoms with Crippen LogP contribution in [0, 0.1) is 16.0 Å². The fourth-order valence-corrected chi connectivity index (χ4v) is 5.18. The Morgan fingerprint density at radius 1 is 1.19 bits per heavy atom. The molecule has 194 valence electrons. The number of rotatable bonds is 6. The lowest BCUT2D eigenvalue weighted by Crippen LogP contribution is -2.35. The third-order valence-electron chi connectivity index (χ3n) is 5.97. The van der Waals surface area contributed by atoms with Crippen LogP contribution >= 0.6 is 23.6 Å². The van der Waals surface area contributed by atoms with Gasteiger partial charge in [-0.1, -0.05) is 18.3 Å². The number of hydrogen-bond donors (Lipinski definition) is 2. The van der Waals surface area contributed by atoms with Gasteiger partial charge in [-0.3, -0.25) is 20.2 Å². The third kappa shape index (κ3) is 6.38. The Morgan fingerprint density at radius 2 is 1.89 bits per heavy atom. The van der Waals surface area contributed by atoms with Crippen LogP contribution in [-0.2, 0) is 4.74 Å². The first-order valence-corrected chi connectivity index (χ1v) is 13.1. The zero-order chi connectivity index (χ0) is 26.7. The number of nitrogens with one attached hydrogen (secondary N) is 2.